The highest BCUT2D eigenvalue weighted by molar-refractivity contribution is 5.95. The first-order chi connectivity index (χ1) is 8.55. The van der Waals surface area contributed by atoms with Crippen molar-refractivity contribution in [3.05, 3.63) is 29.3 Å². The maximum absolute atomic E-state index is 12.5. The zero-order chi connectivity index (χ0) is 14.8. The van der Waals surface area contributed by atoms with Gasteiger partial charge in [-0.25, -0.2) is 0 Å². The lowest BCUT2D eigenvalue weighted by atomic mass is 9.95. The van der Waals surface area contributed by atoms with Gasteiger partial charge in [0.1, 0.15) is 0 Å². The van der Waals surface area contributed by atoms with Gasteiger partial charge in [0.15, 0.2) is 0 Å². The molecule has 0 aliphatic carbocycles. The highest BCUT2D eigenvalue weighted by Gasteiger charge is 2.31. The number of aliphatic hydroxyl groups is 1. The first kappa shape index (κ1) is 15.5. The van der Waals surface area contributed by atoms with E-state index < -0.39 is 23.8 Å². The van der Waals surface area contributed by atoms with Crippen molar-refractivity contribution in [1.82, 2.24) is 0 Å². The maximum atomic E-state index is 12.5. The Morgan fingerprint density at radius 1 is 1.26 bits per heavy atom. The van der Waals surface area contributed by atoms with Crippen LogP contribution in [0.25, 0.3) is 0 Å². The van der Waals surface area contributed by atoms with Gasteiger partial charge in [0, 0.05) is 16.7 Å². The summed E-state index contributed by atoms with van der Waals surface area (Å²) in [4.78, 5) is 11.8. The largest absolute Gasteiger partial charge is 0.416 e. The second-order valence-electron chi connectivity index (χ2n) is 5.23. The number of benzene rings is 1. The Bertz CT molecular complexity index is 476. The fourth-order valence-electron chi connectivity index (χ4n) is 1.33. The minimum atomic E-state index is -4.48. The lowest BCUT2D eigenvalue weighted by Crippen LogP contribution is -2.28. The average molecular weight is 275 g/mol. The first-order valence-electron chi connectivity index (χ1n) is 5.68. The fraction of sp³-hybridized carbons (Fsp3) is 0.462. The van der Waals surface area contributed by atoms with E-state index in [0.717, 1.165) is 18.2 Å². The second kappa shape index (κ2) is 5.21. The highest BCUT2D eigenvalue weighted by atomic mass is 19.4. The summed E-state index contributed by atoms with van der Waals surface area (Å²) >= 11 is 0. The molecule has 1 aromatic rings. The SMILES string of the molecule is CC(C)(C)C(=O)Nc1ccc(C(F)(F)F)cc1CO. The average Bonchev–Trinajstić information content (AvgIpc) is 2.26. The molecule has 0 saturated carbocycles. The van der Waals surface area contributed by atoms with E-state index in [-0.39, 0.29) is 17.2 Å². The molecule has 3 nitrogen and oxygen atoms in total. The topological polar surface area (TPSA) is 49.3 Å². The normalized spacial score (nSPS) is 12.4. The van der Waals surface area contributed by atoms with Crippen molar-refractivity contribution < 1.29 is 23.1 Å². The number of carbonyl (C=O) groups is 1. The second-order valence-corrected chi connectivity index (χ2v) is 5.23. The molecule has 0 aromatic heterocycles. The van der Waals surface area contributed by atoms with Gasteiger partial charge in [-0.1, -0.05) is 20.8 Å². The summed E-state index contributed by atoms with van der Waals surface area (Å²) in [5.74, 6) is -0.332. The number of nitrogens with one attached hydrogen (secondary N) is 1. The summed E-state index contributed by atoms with van der Waals surface area (Å²) in [5, 5.41) is 11.6. The first-order valence-corrected chi connectivity index (χ1v) is 5.68. The minimum Gasteiger partial charge on any atom is -0.392 e. The third-order valence-electron chi connectivity index (χ3n) is 2.53. The van der Waals surface area contributed by atoms with Crippen LogP contribution in [0.3, 0.4) is 0 Å². The lowest BCUT2D eigenvalue weighted by Gasteiger charge is -2.19. The Kier molecular flexibility index (Phi) is 4.25. The number of carbonyl (C=O) groups excluding carboxylic acids is 1. The fourth-order valence-corrected chi connectivity index (χ4v) is 1.33. The number of halogens is 3. The molecule has 106 valence electrons. The van der Waals surface area contributed by atoms with Gasteiger partial charge >= 0.3 is 6.18 Å². The molecule has 0 bridgehead atoms. The summed E-state index contributed by atoms with van der Waals surface area (Å²) in [6, 6.07) is 2.85. The molecule has 0 atom stereocenters. The van der Waals surface area contributed by atoms with Crippen LogP contribution in [0.5, 0.6) is 0 Å². The molecule has 2 N–H and O–H groups in total. The number of hydrogen-bond donors (Lipinski definition) is 2. The number of aliphatic hydroxyl groups excluding tert-OH is 1. The summed E-state index contributed by atoms with van der Waals surface area (Å²) in [6.45, 7) is 4.48. The van der Waals surface area contributed by atoms with Crippen LogP contribution in [0.4, 0.5) is 18.9 Å². The Balaban J connectivity index is 3.07. The van der Waals surface area contributed by atoms with Gasteiger partial charge < -0.3 is 10.4 Å². The summed E-state index contributed by atoms with van der Waals surface area (Å²) in [5.41, 5.74) is -1.30. The number of amides is 1. The predicted octanol–water partition coefficient (Wildman–Crippen LogP) is 3.18. The van der Waals surface area contributed by atoms with E-state index in [4.69, 9.17) is 5.11 Å². The minimum absolute atomic E-state index is 0.0347. The number of alkyl halides is 3. The Morgan fingerprint density at radius 3 is 2.26 bits per heavy atom. The number of rotatable bonds is 2. The van der Waals surface area contributed by atoms with Crippen LogP contribution in [0.15, 0.2) is 18.2 Å². The highest BCUT2D eigenvalue weighted by Crippen LogP contribution is 2.32. The van der Waals surface area contributed by atoms with E-state index in [1.165, 1.54) is 0 Å². The van der Waals surface area contributed by atoms with Gasteiger partial charge in [0.25, 0.3) is 0 Å². The molecule has 0 aliphatic heterocycles. The van der Waals surface area contributed by atoms with Gasteiger partial charge in [0.05, 0.1) is 12.2 Å². The van der Waals surface area contributed by atoms with Crippen LogP contribution in [0.2, 0.25) is 0 Å². The summed E-state index contributed by atoms with van der Waals surface area (Å²) in [7, 11) is 0. The molecule has 1 rings (SSSR count). The molecule has 0 radical (unpaired) electrons. The molecule has 19 heavy (non-hydrogen) atoms. The number of anilines is 1. The Morgan fingerprint density at radius 2 is 1.84 bits per heavy atom. The van der Waals surface area contributed by atoms with E-state index >= 15 is 0 Å². The zero-order valence-corrected chi connectivity index (χ0v) is 10.9. The summed E-state index contributed by atoms with van der Waals surface area (Å²) < 4.78 is 37.6. The number of hydrogen-bond acceptors (Lipinski definition) is 2. The predicted molar refractivity (Wildman–Crippen MR) is 65.5 cm³/mol. The molecule has 0 fully saturated rings. The van der Waals surface area contributed by atoms with Crippen LogP contribution >= 0.6 is 0 Å². The standard InChI is InChI=1S/C13H16F3NO2/c1-12(2,3)11(19)17-10-5-4-9(13(14,15)16)6-8(10)7-18/h4-6,18H,7H2,1-3H3,(H,17,19). The monoisotopic (exact) mass is 275 g/mol. The smallest absolute Gasteiger partial charge is 0.392 e. The van der Waals surface area contributed by atoms with Gasteiger partial charge in [-0.15, -0.1) is 0 Å². The quantitative estimate of drug-likeness (QED) is 0.871. The van der Waals surface area contributed by atoms with Crippen LogP contribution in [-0.4, -0.2) is 11.0 Å². The maximum Gasteiger partial charge on any atom is 0.416 e. The molecular formula is C13H16F3NO2. The summed E-state index contributed by atoms with van der Waals surface area (Å²) in [6.07, 6.45) is -4.48. The molecule has 0 heterocycles. The van der Waals surface area contributed by atoms with E-state index in [1.807, 2.05) is 0 Å². The van der Waals surface area contributed by atoms with E-state index in [2.05, 4.69) is 5.32 Å². The van der Waals surface area contributed by atoms with Crippen LogP contribution in [-0.2, 0) is 17.6 Å². The van der Waals surface area contributed by atoms with Crippen LogP contribution in [0, 0.1) is 5.41 Å². The Labute approximate surface area is 109 Å². The third-order valence-corrected chi connectivity index (χ3v) is 2.53. The molecule has 6 heteroatoms. The van der Waals surface area contributed by atoms with Gasteiger partial charge in [-0.05, 0) is 18.2 Å². The zero-order valence-electron chi connectivity index (χ0n) is 10.9. The van der Waals surface area contributed by atoms with Gasteiger partial charge in [-0.2, -0.15) is 13.2 Å². The van der Waals surface area contributed by atoms with Crippen molar-refractivity contribution in [1.29, 1.82) is 0 Å². The van der Waals surface area contributed by atoms with Crippen molar-refractivity contribution in [3.63, 3.8) is 0 Å². The van der Waals surface area contributed by atoms with E-state index in [0.29, 0.717) is 0 Å². The van der Waals surface area contributed by atoms with Gasteiger partial charge in [0.2, 0.25) is 5.91 Å². The van der Waals surface area contributed by atoms with Crippen molar-refractivity contribution in [2.24, 2.45) is 5.41 Å². The van der Waals surface area contributed by atoms with E-state index in [1.54, 1.807) is 20.8 Å². The van der Waals surface area contributed by atoms with Crippen LogP contribution in [0.1, 0.15) is 31.9 Å². The van der Waals surface area contributed by atoms with E-state index in [9.17, 15) is 18.0 Å². The molecular weight excluding hydrogens is 259 g/mol. The molecule has 0 unspecified atom stereocenters. The molecule has 0 saturated heterocycles. The van der Waals surface area contributed by atoms with Crippen molar-refractivity contribution >= 4 is 11.6 Å². The van der Waals surface area contributed by atoms with Crippen LogP contribution < -0.4 is 5.32 Å². The molecule has 1 aromatic carbocycles. The molecule has 0 aliphatic rings. The van der Waals surface area contributed by atoms with Crippen molar-refractivity contribution in [2.45, 2.75) is 33.6 Å². The van der Waals surface area contributed by atoms with Gasteiger partial charge in [-0.3, -0.25) is 4.79 Å². The molecule has 0 spiro atoms. The Hall–Kier alpha value is -1.56. The third kappa shape index (κ3) is 3.96. The lowest BCUT2D eigenvalue weighted by molar-refractivity contribution is -0.137. The van der Waals surface area contributed by atoms with Crippen molar-refractivity contribution in [2.75, 3.05) is 5.32 Å². The van der Waals surface area contributed by atoms with Crippen molar-refractivity contribution in [3.8, 4) is 0 Å². The molecule has 1 amide bonds.